The fraction of sp³-hybridized carbons (Fsp3) is 0.500. The average molecular weight is 268 g/mol. The molecule has 1 aromatic rings. The van der Waals surface area contributed by atoms with Gasteiger partial charge in [0.05, 0.1) is 6.54 Å². The van der Waals surface area contributed by atoms with Gasteiger partial charge in [-0.05, 0) is 25.6 Å². The summed E-state index contributed by atoms with van der Waals surface area (Å²) in [6.07, 6.45) is 0. The van der Waals surface area contributed by atoms with Crippen molar-refractivity contribution in [1.29, 1.82) is 0 Å². The van der Waals surface area contributed by atoms with Gasteiger partial charge >= 0.3 is 0 Å². The predicted molar refractivity (Wildman–Crippen MR) is 72.7 cm³/mol. The quantitative estimate of drug-likeness (QED) is 0.779. The van der Waals surface area contributed by atoms with Crippen LogP contribution in [0.3, 0.4) is 0 Å². The number of ether oxygens (including phenoxy) is 1. The van der Waals surface area contributed by atoms with Crippen molar-refractivity contribution in [2.45, 2.75) is 13.8 Å². The first-order chi connectivity index (χ1) is 9.17. The molecule has 4 nitrogen and oxygen atoms in total. The van der Waals surface area contributed by atoms with Crippen LogP contribution >= 0.6 is 0 Å². The van der Waals surface area contributed by atoms with Gasteiger partial charge in [0.1, 0.15) is 6.61 Å². The zero-order valence-corrected chi connectivity index (χ0v) is 11.5. The Kier molecular flexibility index (Phi) is 6.89. The summed E-state index contributed by atoms with van der Waals surface area (Å²) in [7, 11) is 0. The second-order valence-corrected chi connectivity index (χ2v) is 4.10. The van der Waals surface area contributed by atoms with Crippen molar-refractivity contribution >= 4 is 5.91 Å². The summed E-state index contributed by atoms with van der Waals surface area (Å²) in [6, 6.07) is 6.30. The summed E-state index contributed by atoms with van der Waals surface area (Å²) in [5, 5.41) is 2.75. The molecule has 1 N–H and O–H groups in total. The molecule has 106 valence electrons. The highest BCUT2D eigenvalue weighted by Crippen LogP contribution is 2.14. The van der Waals surface area contributed by atoms with Gasteiger partial charge in [0.15, 0.2) is 11.6 Å². The first kappa shape index (κ1) is 15.4. The van der Waals surface area contributed by atoms with Crippen LogP contribution in [0.1, 0.15) is 13.8 Å². The maximum atomic E-state index is 13.3. The SMILES string of the molecule is CCNC(=O)CN(CC)CCOc1ccccc1F. The van der Waals surface area contributed by atoms with E-state index in [-0.39, 0.29) is 17.5 Å². The van der Waals surface area contributed by atoms with E-state index in [9.17, 15) is 9.18 Å². The van der Waals surface area contributed by atoms with Crippen LogP contribution < -0.4 is 10.1 Å². The van der Waals surface area contributed by atoms with E-state index in [4.69, 9.17) is 4.74 Å². The van der Waals surface area contributed by atoms with Gasteiger partial charge in [-0.2, -0.15) is 0 Å². The Balaban J connectivity index is 2.34. The maximum Gasteiger partial charge on any atom is 0.234 e. The second kappa shape index (κ2) is 8.48. The van der Waals surface area contributed by atoms with E-state index in [2.05, 4.69) is 5.32 Å². The van der Waals surface area contributed by atoms with E-state index in [1.807, 2.05) is 18.7 Å². The minimum Gasteiger partial charge on any atom is -0.489 e. The molecule has 19 heavy (non-hydrogen) atoms. The largest absolute Gasteiger partial charge is 0.489 e. The molecule has 0 aliphatic rings. The molecule has 1 aromatic carbocycles. The molecule has 0 fully saturated rings. The standard InChI is InChI=1S/C14H21FN2O2/c1-3-16-14(18)11-17(4-2)9-10-19-13-8-6-5-7-12(13)15/h5-8H,3-4,9-11H2,1-2H3,(H,16,18). The van der Waals surface area contributed by atoms with Gasteiger partial charge in [-0.1, -0.05) is 19.1 Å². The van der Waals surface area contributed by atoms with Crippen LogP contribution in [0, 0.1) is 5.82 Å². The van der Waals surface area contributed by atoms with Crippen molar-refractivity contribution in [3.63, 3.8) is 0 Å². The Hall–Kier alpha value is -1.62. The third-order valence-electron chi connectivity index (χ3n) is 2.69. The summed E-state index contributed by atoms with van der Waals surface area (Å²) in [5.41, 5.74) is 0. The highest BCUT2D eigenvalue weighted by atomic mass is 19.1. The Morgan fingerprint density at radius 2 is 2.11 bits per heavy atom. The fourth-order valence-electron chi connectivity index (χ4n) is 1.65. The van der Waals surface area contributed by atoms with Crippen LogP contribution in [-0.4, -0.2) is 43.6 Å². The zero-order chi connectivity index (χ0) is 14.1. The van der Waals surface area contributed by atoms with Crippen LogP contribution in [0.5, 0.6) is 5.75 Å². The number of halogens is 1. The van der Waals surface area contributed by atoms with Gasteiger partial charge in [0.25, 0.3) is 0 Å². The molecule has 1 rings (SSSR count). The molecule has 0 aliphatic heterocycles. The number of nitrogens with zero attached hydrogens (tertiary/aromatic N) is 1. The Morgan fingerprint density at radius 1 is 1.37 bits per heavy atom. The van der Waals surface area contributed by atoms with E-state index in [0.717, 1.165) is 6.54 Å². The lowest BCUT2D eigenvalue weighted by Gasteiger charge is -2.19. The van der Waals surface area contributed by atoms with Gasteiger partial charge in [-0.3, -0.25) is 9.69 Å². The van der Waals surface area contributed by atoms with Gasteiger partial charge in [-0.25, -0.2) is 4.39 Å². The molecule has 0 saturated carbocycles. The lowest BCUT2D eigenvalue weighted by Crippen LogP contribution is -2.39. The summed E-state index contributed by atoms with van der Waals surface area (Å²) in [5.74, 6) is -0.124. The van der Waals surface area contributed by atoms with Crippen LogP contribution in [0.25, 0.3) is 0 Å². The highest BCUT2D eigenvalue weighted by molar-refractivity contribution is 5.77. The van der Waals surface area contributed by atoms with Crippen LogP contribution in [0.2, 0.25) is 0 Å². The molecular weight excluding hydrogens is 247 g/mol. The molecule has 0 heterocycles. The zero-order valence-electron chi connectivity index (χ0n) is 11.5. The fourth-order valence-corrected chi connectivity index (χ4v) is 1.65. The molecule has 0 unspecified atom stereocenters. The smallest absolute Gasteiger partial charge is 0.234 e. The lowest BCUT2D eigenvalue weighted by atomic mass is 10.3. The van der Waals surface area contributed by atoms with Gasteiger partial charge in [-0.15, -0.1) is 0 Å². The Morgan fingerprint density at radius 3 is 2.74 bits per heavy atom. The highest BCUT2D eigenvalue weighted by Gasteiger charge is 2.08. The van der Waals surface area contributed by atoms with Crippen molar-refractivity contribution in [3.05, 3.63) is 30.1 Å². The maximum absolute atomic E-state index is 13.3. The third kappa shape index (κ3) is 5.70. The monoisotopic (exact) mass is 268 g/mol. The Bertz CT molecular complexity index is 399. The van der Waals surface area contributed by atoms with Crippen LogP contribution in [0.4, 0.5) is 4.39 Å². The minimum absolute atomic E-state index is 0.00441. The Labute approximate surface area is 113 Å². The summed E-state index contributed by atoms with van der Waals surface area (Å²) >= 11 is 0. The molecule has 0 bridgehead atoms. The molecule has 0 radical (unpaired) electrons. The van der Waals surface area contributed by atoms with E-state index in [0.29, 0.717) is 26.2 Å². The second-order valence-electron chi connectivity index (χ2n) is 4.10. The number of nitrogens with one attached hydrogen (secondary N) is 1. The molecule has 0 aromatic heterocycles. The number of likely N-dealkylation sites (N-methyl/N-ethyl adjacent to an activating group) is 2. The molecule has 1 amide bonds. The number of amides is 1. The van der Waals surface area contributed by atoms with E-state index in [1.165, 1.54) is 6.07 Å². The number of hydrogen-bond donors (Lipinski definition) is 1. The van der Waals surface area contributed by atoms with E-state index >= 15 is 0 Å². The van der Waals surface area contributed by atoms with Gasteiger partial charge in [0.2, 0.25) is 5.91 Å². The van der Waals surface area contributed by atoms with Crippen LogP contribution in [-0.2, 0) is 4.79 Å². The van der Waals surface area contributed by atoms with Crippen molar-refractivity contribution in [3.8, 4) is 5.75 Å². The molecule has 0 saturated heterocycles. The number of hydrogen-bond acceptors (Lipinski definition) is 3. The summed E-state index contributed by atoms with van der Waals surface area (Å²) in [4.78, 5) is 13.4. The lowest BCUT2D eigenvalue weighted by molar-refractivity contribution is -0.122. The number of rotatable bonds is 8. The normalized spacial score (nSPS) is 10.5. The van der Waals surface area contributed by atoms with Gasteiger partial charge < -0.3 is 10.1 Å². The number of para-hydroxylation sites is 1. The minimum atomic E-state index is -0.366. The van der Waals surface area contributed by atoms with Crippen molar-refractivity contribution in [2.24, 2.45) is 0 Å². The average Bonchev–Trinajstić information content (AvgIpc) is 2.40. The molecular formula is C14H21FN2O2. The van der Waals surface area contributed by atoms with E-state index < -0.39 is 0 Å². The number of benzene rings is 1. The first-order valence-electron chi connectivity index (χ1n) is 6.53. The molecule has 0 aliphatic carbocycles. The van der Waals surface area contributed by atoms with Crippen molar-refractivity contribution in [1.82, 2.24) is 10.2 Å². The summed E-state index contributed by atoms with van der Waals surface area (Å²) < 4.78 is 18.7. The third-order valence-corrected chi connectivity index (χ3v) is 2.69. The molecule has 0 spiro atoms. The molecule has 5 heteroatoms. The number of carbonyl (C=O) groups excluding carboxylic acids is 1. The van der Waals surface area contributed by atoms with Crippen LogP contribution in [0.15, 0.2) is 24.3 Å². The number of carbonyl (C=O) groups is 1. The van der Waals surface area contributed by atoms with Crippen molar-refractivity contribution in [2.75, 3.05) is 32.8 Å². The molecule has 0 atom stereocenters. The summed E-state index contributed by atoms with van der Waals surface area (Å²) in [6.45, 7) is 6.51. The van der Waals surface area contributed by atoms with Crippen molar-refractivity contribution < 1.29 is 13.9 Å². The van der Waals surface area contributed by atoms with Gasteiger partial charge in [0, 0.05) is 13.1 Å². The first-order valence-corrected chi connectivity index (χ1v) is 6.53. The predicted octanol–water partition coefficient (Wildman–Crippen LogP) is 1.66. The topological polar surface area (TPSA) is 41.6 Å². The van der Waals surface area contributed by atoms with E-state index in [1.54, 1.807) is 18.2 Å².